The quantitative estimate of drug-likeness (QED) is 0.810. The molecule has 2 aromatic rings. The van der Waals surface area contributed by atoms with Gasteiger partial charge in [-0.25, -0.2) is 4.98 Å². The minimum absolute atomic E-state index is 0.220. The van der Waals surface area contributed by atoms with Crippen LogP contribution in [0.2, 0.25) is 0 Å². The standard InChI is InChI=1S/C15H15N3O2S2/c19-22(20,14-8-2-1-3-9-14)17-21-13-7-6-12-18(21)15-10-4-5-11-16-15/h1-11H,12-13H2. The fourth-order valence-corrected chi connectivity index (χ4v) is 5.41. The maximum absolute atomic E-state index is 12.4. The molecule has 0 radical (unpaired) electrons. The van der Waals surface area contributed by atoms with E-state index < -0.39 is 20.9 Å². The van der Waals surface area contributed by atoms with Crippen molar-refractivity contribution in [3.63, 3.8) is 0 Å². The van der Waals surface area contributed by atoms with E-state index in [1.54, 1.807) is 36.5 Å². The van der Waals surface area contributed by atoms with Gasteiger partial charge in [0.25, 0.3) is 10.0 Å². The molecule has 0 spiro atoms. The van der Waals surface area contributed by atoms with Crippen molar-refractivity contribution in [1.29, 1.82) is 0 Å². The molecule has 22 heavy (non-hydrogen) atoms. The number of sulfonamides is 1. The summed E-state index contributed by atoms with van der Waals surface area (Å²) in [6.45, 7) is 0.605. The molecule has 114 valence electrons. The number of hydrogen-bond donors (Lipinski definition) is 0. The zero-order chi connectivity index (χ0) is 15.4. The normalized spacial score (nSPS) is 18.5. The van der Waals surface area contributed by atoms with Crippen LogP contribution >= 0.6 is 0 Å². The molecular weight excluding hydrogens is 318 g/mol. The van der Waals surface area contributed by atoms with Crippen molar-refractivity contribution < 1.29 is 8.42 Å². The minimum atomic E-state index is -3.67. The first-order chi connectivity index (χ1) is 10.7. The number of rotatable bonds is 3. The molecule has 1 atom stereocenters. The topological polar surface area (TPSA) is 62.6 Å². The van der Waals surface area contributed by atoms with E-state index in [2.05, 4.69) is 8.75 Å². The lowest BCUT2D eigenvalue weighted by Crippen LogP contribution is -2.31. The highest BCUT2D eigenvalue weighted by atomic mass is 32.3. The van der Waals surface area contributed by atoms with Crippen LogP contribution in [0.3, 0.4) is 0 Å². The van der Waals surface area contributed by atoms with Crippen LogP contribution < -0.4 is 4.31 Å². The van der Waals surface area contributed by atoms with Gasteiger partial charge in [-0.05, 0) is 24.3 Å². The summed E-state index contributed by atoms with van der Waals surface area (Å²) in [6, 6.07) is 13.9. The van der Waals surface area contributed by atoms with E-state index in [9.17, 15) is 8.42 Å². The van der Waals surface area contributed by atoms with Crippen LogP contribution in [0.1, 0.15) is 0 Å². The zero-order valence-electron chi connectivity index (χ0n) is 11.7. The highest BCUT2D eigenvalue weighted by Gasteiger charge is 2.19. The van der Waals surface area contributed by atoms with Gasteiger partial charge in [-0.1, -0.05) is 36.4 Å². The molecule has 0 saturated heterocycles. The van der Waals surface area contributed by atoms with Crippen molar-refractivity contribution in [2.75, 3.05) is 16.6 Å². The van der Waals surface area contributed by atoms with Crippen molar-refractivity contribution in [3.8, 4) is 0 Å². The number of aromatic nitrogens is 1. The summed E-state index contributed by atoms with van der Waals surface area (Å²) >= 11 is 0. The molecule has 5 nitrogen and oxygen atoms in total. The van der Waals surface area contributed by atoms with Crippen LogP contribution in [0, 0.1) is 0 Å². The third kappa shape index (κ3) is 3.26. The van der Waals surface area contributed by atoms with Gasteiger partial charge in [0.1, 0.15) is 5.82 Å². The molecule has 7 heteroatoms. The Hall–Kier alpha value is -1.99. The molecule has 1 aromatic carbocycles. The van der Waals surface area contributed by atoms with Crippen LogP contribution in [0.25, 0.3) is 0 Å². The Morgan fingerprint density at radius 2 is 1.82 bits per heavy atom. The molecule has 1 aromatic heterocycles. The predicted molar refractivity (Wildman–Crippen MR) is 89.0 cm³/mol. The second-order valence-corrected chi connectivity index (χ2v) is 8.06. The van der Waals surface area contributed by atoms with Crippen LogP contribution in [-0.4, -0.2) is 25.7 Å². The van der Waals surface area contributed by atoms with Crippen molar-refractivity contribution >= 4 is 26.7 Å². The number of hydrogen-bond acceptors (Lipinski definition) is 3. The number of benzene rings is 1. The summed E-state index contributed by atoms with van der Waals surface area (Å²) in [6.07, 6.45) is 5.66. The summed E-state index contributed by atoms with van der Waals surface area (Å²) in [7, 11) is -4.45. The molecule has 0 fully saturated rings. The lowest BCUT2D eigenvalue weighted by molar-refractivity contribution is 0.598. The van der Waals surface area contributed by atoms with Gasteiger partial charge in [-0.3, -0.25) is 4.31 Å². The Bertz CT molecular complexity index is 803. The van der Waals surface area contributed by atoms with Crippen molar-refractivity contribution in [3.05, 3.63) is 66.9 Å². The molecule has 0 aliphatic carbocycles. The van der Waals surface area contributed by atoms with Gasteiger partial charge in [-0.15, -0.1) is 3.77 Å². The average molecular weight is 333 g/mol. The Morgan fingerprint density at radius 1 is 1.05 bits per heavy atom. The van der Waals surface area contributed by atoms with Crippen LogP contribution in [-0.2, 0) is 20.9 Å². The molecule has 0 bridgehead atoms. The molecule has 3 rings (SSSR count). The molecule has 0 amide bonds. The maximum atomic E-state index is 12.4. The second kappa shape index (κ2) is 6.41. The summed E-state index contributed by atoms with van der Waals surface area (Å²) in [5, 5.41) is 0. The zero-order valence-corrected chi connectivity index (χ0v) is 13.4. The van der Waals surface area contributed by atoms with E-state index in [0.717, 1.165) is 5.82 Å². The van der Waals surface area contributed by atoms with E-state index in [0.29, 0.717) is 12.3 Å². The smallest absolute Gasteiger partial charge is 0.287 e. The lowest BCUT2D eigenvalue weighted by Gasteiger charge is -2.26. The van der Waals surface area contributed by atoms with Gasteiger partial charge in [-0.2, -0.15) is 8.42 Å². The third-order valence-electron chi connectivity index (χ3n) is 3.07. The first kappa shape index (κ1) is 14.9. The van der Waals surface area contributed by atoms with Crippen LogP contribution in [0.4, 0.5) is 5.82 Å². The fraction of sp³-hybridized carbons (Fsp3) is 0.133. The molecule has 1 aliphatic heterocycles. The van der Waals surface area contributed by atoms with Crippen molar-refractivity contribution in [2.45, 2.75) is 4.90 Å². The summed E-state index contributed by atoms with van der Waals surface area (Å²) in [5.41, 5.74) is 0. The minimum Gasteiger partial charge on any atom is -0.287 e. The van der Waals surface area contributed by atoms with E-state index in [4.69, 9.17) is 0 Å². The van der Waals surface area contributed by atoms with E-state index in [1.165, 1.54) is 0 Å². The second-order valence-electron chi connectivity index (χ2n) is 4.59. The SMILES string of the molecule is O=S(=O)(/N=S1\CC=CCN1c1ccccn1)c1ccccc1. The number of nitrogens with zero attached hydrogens (tertiary/aromatic N) is 3. The van der Waals surface area contributed by atoms with Gasteiger partial charge < -0.3 is 0 Å². The summed E-state index contributed by atoms with van der Waals surface area (Å²) in [4.78, 5) is 4.52. The maximum Gasteiger partial charge on any atom is 0.289 e. The Labute approximate surface area is 132 Å². The van der Waals surface area contributed by atoms with Gasteiger partial charge in [0.05, 0.1) is 4.90 Å². The summed E-state index contributed by atoms with van der Waals surface area (Å²) in [5.74, 6) is 1.31. The molecule has 0 N–H and O–H groups in total. The van der Waals surface area contributed by atoms with Gasteiger partial charge in [0, 0.05) is 29.4 Å². The Kier molecular flexibility index (Phi) is 4.35. The fourth-order valence-electron chi connectivity index (χ4n) is 2.02. The van der Waals surface area contributed by atoms with E-state index in [1.807, 2.05) is 34.7 Å². The van der Waals surface area contributed by atoms with Crippen LogP contribution in [0.5, 0.6) is 0 Å². The van der Waals surface area contributed by atoms with Crippen molar-refractivity contribution in [1.82, 2.24) is 4.98 Å². The monoisotopic (exact) mass is 333 g/mol. The largest absolute Gasteiger partial charge is 0.289 e. The van der Waals surface area contributed by atoms with Gasteiger partial charge in [0.15, 0.2) is 0 Å². The average Bonchev–Trinajstić information content (AvgIpc) is 2.57. The van der Waals surface area contributed by atoms with Gasteiger partial charge in [0.2, 0.25) is 0 Å². The Morgan fingerprint density at radius 3 is 2.55 bits per heavy atom. The number of pyridine rings is 1. The predicted octanol–water partition coefficient (Wildman–Crippen LogP) is 2.56. The van der Waals surface area contributed by atoms with E-state index in [-0.39, 0.29) is 4.90 Å². The van der Waals surface area contributed by atoms with Crippen LogP contribution in [0.15, 0.2) is 75.5 Å². The molecule has 0 saturated carbocycles. The highest BCUT2D eigenvalue weighted by molar-refractivity contribution is 8.00. The Balaban J connectivity index is 2.00. The third-order valence-corrected chi connectivity index (χ3v) is 6.74. The highest BCUT2D eigenvalue weighted by Crippen LogP contribution is 2.20. The van der Waals surface area contributed by atoms with Crippen molar-refractivity contribution in [2.24, 2.45) is 3.77 Å². The van der Waals surface area contributed by atoms with Gasteiger partial charge >= 0.3 is 0 Å². The molecule has 1 aliphatic rings. The number of anilines is 1. The van der Waals surface area contributed by atoms with E-state index >= 15 is 0 Å². The molecule has 2 heterocycles. The first-order valence-corrected chi connectivity index (χ1v) is 9.49. The summed E-state index contributed by atoms with van der Waals surface area (Å²) < 4.78 is 30.9. The lowest BCUT2D eigenvalue weighted by atomic mass is 10.4. The first-order valence-electron chi connectivity index (χ1n) is 6.74. The molecule has 1 unspecified atom stereocenters. The molecular formula is C15H15N3O2S2.